The zero-order valence-corrected chi connectivity index (χ0v) is 36.6. The summed E-state index contributed by atoms with van der Waals surface area (Å²) in [7, 11) is -4.06. The summed E-state index contributed by atoms with van der Waals surface area (Å²) in [5.74, 6) is -2.01. The fraction of sp³-hybridized carbons (Fsp3) is 0.614. The maximum Gasteiger partial charge on any atom is 1.00 e. The second-order valence-corrected chi connectivity index (χ2v) is 25.9. The van der Waals surface area contributed by atoms with E-state index in [-0.39, 0.29) is 89.3 Å². The number of aliphatic carboxylic acids is 1. The Kier molecular flexibility index (Phi) is 34.4. The number of hydrogen-bond acceptors (Lipinski definition) is 8. The second kappa shape index (κ2) is 29.5. The number of Topliss-reactive ketones (excluding diaryl/α,β-unsaturated/α-hetero) is 1. The van der Waals surface area contributed by atoms with Gasteiger partial charge in [-0.05, 0) is 59.2 Å². The fourth-order valence-corrected chi connectivity index (χ4v) is 6.56. The minimum absolute atomic E-state index is 0. The third-order valence-electron chi connectivity index (χ3n) is 9.03. The van der Waals surface area contributed by atoms with Gasteiger partial charge in [0, 0.05) is 12.6 Å². The molecule has 2 aromatic carbocycles. The van der Waals surface area contributed by atoms with Gasteiger partial charge in [0.2, 0.25) is 0 Å². The van der Waals surface area contributed by atoms with E-state index >= 15 is 0 Å². The van der Waals surface area contributed by atoms with Gasteiger partial charge in [0.15, 0.2) is 22.4 Å². The summed E-state index contributed by atoms with van der Waals surface area (Å²) >= 11 is 0. The van der Waals surface area contributed by atoms with E-state index < -0.39 is 46.7 Å². The van der Waals surface area contributed by atoms with E-state index in [1.165, 1.54) is 0 Å². The van der Waals surface area contributed by atoms with E-state index in [1.807, 2.05) is 88.4 Å². The average molecular weight is 817 g/mol. The first-order valence-electron chi connectivity index (χ1n) is 17.5. The third kappa shape index (κ3) is 25.6. The predicted molar refractivity (Wildman–Crippen MR) is 235 cm³/mol. The van der Waals surface area contributed by atoms with Gasteiger partial charge in [0.25, 0.3) is 0 Å². The Morgan fingerprint density at radius 1 is 0.661 bits per heavy atom. The van der Waals surface area contributed by atoms with Gasteiger partial charge in [-0.3, -0.25) is 9.59 Å². The van der Waals surface area contributed by atoms with Gasteiger partial charge in [-0.25, -0.2) is 4.79 Å². The van der Waals surface area contributed by atoms with Crippen molar-refractivity contribution in [2.75, 3.05) is 0 Å². The molecule has 320 valence electrons. The van der Waals surface area contributed by atoms with Gasteiger partial charge < -0.3 is 28.5 Å². The second-order valence-electron chi connectivity index (χ2n) is 16.4. The first-order valence-corrected chi connectivity index (χ1v) is 23.4. The van der Waals surface area contributed by atoms with Crippen molar-refractivity contribution in [1.82, 2.24) is 0 Å². The topological polar surface area (TPSA) is 131 Å². The molecule has 2 rings (SSSR count). The number of benzene rings is 2. The number of carbonyl (C=O) groups is 3. The molecule has 0 aliphatic rings. The van der Waals surface area contributed by atoms with Crippen LogP contribution in [-0.2, 0) is 45.9 Å². The Labute approximate surface area is 357 Å². The Balaban J connectivity index is -0.000000174. The number of ether oxygens (including phenoxy) is 2. The molecule has 0 radical (unpaired) electrons. The molecule has 0 bridgehead atoms. The Hall–Kier alpha value is -2.66. The van der Waals surface area contributed by atoms with Gasteiger partial charge >= 0.3 is 30.8 Å². The van der Waals surface area contributed by atoms with Crippen LogP contribution in [0.25, 0.3) is 0 Å². The molecule has 0 unspecified atom stereocenters. The van der Waals surface area contributed by atoms with Crippen LogP contribution in [0, 0.1) is 11.8 Å². The van der Waals surface area contributed by atoms with Crippen molar-refractivity contribution in [2.45, 2.75) is 167 Å². The Morgan fingerprint density at radius 3 is 1.27 bits per heavy atom. The molecule has 0 saturated heterocycles. The normalized spacial score (nSPS) is 12.0. The van der Waals surface area contributed by atoms with Crippen LogP contribution < -0.4 is 24.0 Å². The van der Waals surface area contributed by atoms with Crippen LogP contribution >= 0.6 is 0 Å². The van der Waals surface area contributed by atoms with Crippen LogP contribution in [0.2, 0.25) is 36.3 Å². The van der Waals surface area contributed by atoms with Crippen molar-refractivity contribution in [3.05, 3.63) is 84.3 Å². The minimum Gasteiger partial charge on any atom is -0.609 e. The monoisotopic (exact) mass is 817 g/mol. The maximum absolute atomic E-state index is 12.6. The predicted octanol–water partition coefficient (Wildman–Crippen LogP) is 8.44. The smallest absolute Gasteiger partial charge is 0.609 e. The number of rotatable bonds is 15. The first kappa shape index (κ1) is 65.2. The summed E-state index contributed by atoms with van der Waals surface area (Å²) < 4.78 is 22.0. The van der Waals surface area contributed by atoms with Gasteiger partial charge in [-0.2, -0.15) is 0 Å². The molecule has 2 atom stereocenters. The molecular formula is C44H81LiO9Si2. The molecule has 12 heteroatoms. The Bertz CT molecular complexity index is 1350. The van der Waals surface area contributed by atoms with Crippen LogP contribution in [0.15, 0.2) is 73.2 Å². The molecule has 0 heterocycles. The fourth-order valence-electron chi connectivity index (χ4n) is 3.80. The van der Waals surface area contributed by atoms with Crippen LogP contribution in [0.4, 0.5) is 0 Å². The summed E-state index contributed by atoms with van der Waals surface area (Å²) in [5.41, 5.74) is 1.88. The number of carbonyl (C=O) groups excluding carboxylic acids is 2. The quantitative estimate of drug-likeness (QED) is 0.0815. The minimum atomic E-state index is -2.09. The van der Waals surface area contributed by atoms with Crippen LogP contribution in [0.1, 0.15) is 116 Å². The summed E-state index contributed by atoms with van der Waals surface area (Å²) in [6, 6.07) is 18.9. The van der Waals surface area contributed by atoms with Gasteiger partial charge in [-0.15, -0.1) is 0 Å². The van der Waals surface area contributed by atoms with Crippen molar-refractivity contribution < 1.29 is 61.8 Å². The average Bonchev–Trinajstić information content (AvgIpc) is 3.00. The van der Waals surface area contributed by atoms with Crippen molar-refractivity contribution >= 4 is 34.4 Å². The zero-order chi connectivity index (χ0) is 39.8. The molecule has 1 N–H and O–H groups in total. The molecule has 0 aromatic heterocycles. The Morgan fingerprint density at radius 2 is 0.982 bits per heavy atom. The van der Waals surface area contributed by atoms with Crippen molar-refractivity contribution in [2.24, 2.45) is 11.8 Å². The molecule has 2 aromatic rings. The first-order chi connectivity index (χ1) is 23.2. The summed E-state index contributed by atoms with van der Waals surface area (Å²) in [5, 5.41) is 19.4. The van der Waals surface area contributed by atoms with Gasteiger partial charge in [0.05, 0.1) is 0 Å². The van der Waals surface area contributed by atoms with E-state index in [0.29, 0.717) is 6.61 Å². The number of esters is 1. The summed E-state index contributed by atoms with van der Waals surface area (Å²) in [6.07, 6.45) is -1.49. The standard InChI is InChI=1S/C20H32O4Si.C11H24O3Si.C9H10O2.4CH4.Li/c1-15(2)19(24-25(6,7)20(3,4)5)17(21)13-18(22)23-14-16-11-9-8-10-12-16;1-8(2)9(10(12)13)14-15(6,7)11(3,4)5;1-8(10)11-7-9-5-3-2-4-6-9;;;;;/h8-12,15,19H,13-14H2,1-7H3;8-9H,1-7H3,(H,12,13);2-6,10H,1,7H2;4*1H4;/q;;;;;;;+1/p-1/t19-;9-;;;;;;/m00....../s1. The molecule has 0 spiro atoms. The van der Waals surface area contributed by atoms with Gasteiger partial charge in [-0.1, -0.05) is 166 Å². The van der Waals surface area contributed by atoms with Gasteiger partial charge in [0.1, 0.15) is 25.2 Å². The van der Waals surface area contributed by atoms with E-state index in [2.05, 4.69) is 79.0 Å². The molecule has 0 saturated carbocycles. The SMILES string of the molecule is C.C.C.C.C=C([O-])OCc1ccccc1.CC(C)[C@H](O[Si](C)(C)C(C)(C)C)C(=O)CC(=O)OCc1ccccc1.CC(C)[C@H](O[Si](C)(C)C(C)(C)C)C(=O)O.[Li+]. The molecule has 56 heavy (non-hydrogen) atoms. The zero-order valence-electron chi connectivity index (χ0n) is 34.6. The molecule has 0 aliphatic carbocycles. The largest absolute Gasteiger partial charge is 1.00 e. The molecule has 0 amide bonds. The maximum atomic E-state index is 12.6. The van der Waals surface area contributed by atoms with Crippen molar-refractivity contribution in [3.8, 4) is 0 Å². The summed E-state index contributed by atoms with van der Waals surface area (Å²) in [4.78, 5) is 35.7. The van der Waals surface area contributed by atoms with Crippen molar-refractivity contribution in [1.29, 1.82) is 0 Å². The number of hydrogen-bond donors (Lipinski definition) is 1. The number of carboxylic acid groups (broad SMARTS) is 1. The molecular weight excluding hydrogens is 736 g/mol. The number of carboxylic acids is 1. The molecule has 0 fully saturated rings. The van der Waals surface area contributed by atoms with E-state index in [1.54, 1.807) is 0 Å². The van der Waals surface area contributed by atoms with Crippen LogP contribution in [-0.4, -0.2) is 51.7 Å². The van der Waals surface area contributed by atoms with Crippen LogP contribution in [0.3, 0.4) is 0 Å². The van der Waals surface area contributed by atoms with E-state index in [0.717, 1.165) is 11.1 Å². The van der Waals surface area contributed by atoms with Crippen molar-refractivity contribution in [3.63, 3.8) is 0 Å². The number of ketones is 1. The molecule has 9 nitrogen and oxygen atoms in total. The summed E-state index contributed by atoms with van der Waals surface area (Å²) in [6.45, 7) is 32.4. The third-order valence-corrected chi connectivity index (χ3v) is 17.9. The van der Waals surface area contributed by atoms with Crippen LogP contribution in [0.5, 0.6) is 0 Å². The molecule has 0 aliphatic heterocycles. The van der Waals surface area contributed by atoms with E-state index in [9.17, 15) is 19.5 Å². The van der Waals surface area contributed by atoms with E-state index in [4.69, 9.17) is 18.7 Å².